The van der Waals surface area contributed by atoms with E-state index in [0.717, 1.165) is 11.3 Å². The van der Waals surface area contributed by atoms with Crippen molar-refractivity contribution in [2.75, 3.05) is 7.11 Å². The van der Waals surface area contributed by atoms with E-state index >= 15 is 0 Å². The van der Waals surface area contributed by atoms with Crippen LogP contribution in [0, 0.1) is 0 Å². The summed E-state index contributed by atoms with van der Waals surface area (Å²) < 4.78 is 6.66. The first-order valence-electron chi connectivity index (χ1n) is 8.53. The first-order chi connectivity index (χ1) is 13.7. The van der Waals surface area contributed by atoms with Gasteiger partial charge >= 0.3 is 0 Å². The molecule has 1 amide bonds. The number of pyridine rings is 1. The molecule has 0 unspecified atom stereocenters. The summed E-state index contributed by atoms with van der Waals surface area (Å²) in [6.07, 6.45) is 1.65. The molecule has 0 saturated heterocycles. The lowest BCUT2D eigenvalue weighted by molar-refractivity contribution is 0.0951. The zero-order valence-corrected chi connectivity index (χ0v) is 15.7. The average molecular weight is 394 g/mol. The molecule has 0 bridgehead atoms. The smallest absolute Gasteiger partial charge is 0.251 e. The number of ether oxygens (including phenoxy) is 1. The molecule has 0 radical (unpaired) electrons. The van der Waals surface area contributed by atoms with E-state index in [4.69, 9.17) is 16.3 Å². The Hall–Kier alpha value is -3.45. The lowest BCUT2D eigenvalue weighted by atomic mass is 10.1. The second-order valence-electron chi connectivity index (χ2n) is 6.04. The van der Waals surface area contributed by atoms with Crippen molar-refractivity contribution in [3.8, 4) is 11.4 Å². The Morgan fingerprint density at radius 2 is 2.00 bits per heavy atom. The highest BCUT2D eigenvalue weighted by Gasteiger charge is 2.14. The van der Waals surface area contributed by atoms with Crippen LogP contribution in [0.25, 0.3) is 16.9 Å². The summed E-state index contributed by atoms with van der Waals surface area (Å²) in [4.78, 5) is 16.9. The third kappa shape index (κ3) is 3.52. The van der Waals surface area contributed by atoms with E-state index in [2.05, 4.69) is 20.6 Å². The number of carbonyl (C=O) groups excluding carboxylic acids is 1. The highest BCUT2D eigenvalue weighted by molar-refractivity contribution is 6.32. The van der Waals surface area contributed by atoms with Crippen LogP contribution >= 0.6 is 11.6 Å². The van der Waals surface area contributed by atoms with E-state index in [1.54, 1.807) is 37.6 Å². The minimum absolute atomic E-state index is 0.217. The second kappa shape index (κ2) is 7.66. The van der Waals surface area contributed by atoms with Crippen LogP contribution in [0.3, 0.4) is 0 Å². The molecular weight excluding hydrogens is 378 g/mol. The molecule has 2 aromatic carbocycles. The number of rotatable bonds is 5. The molecule has 0 aliphatic heterocycles. The minimum Gasteiger partial charge on any atom is -0.497 e. The molecule has 0 aliphatic carbocycles. The van der Waals surface area contributed by atoms with Gasteiger partial charge in [0.15, 0.2) is 5.65 Å². The summed E-state index contributed by atoms with van der Waals surface area (Å²) in [6.45, 7) is 0.397. The third-order valence-corrected chi connectivity index (χ3v) is 4.58. The molecule has 0 fully saturated rings. The van der Waals surface area contributed by atoms with Crippen LogP contribution in [0.4, 0.5) is 0 Å². The number of halogens is 1. The number of hydrogen-bond acceptors (Lipinski definition) is 5. The number of nitrogens with one attached hydrogen (secondary N) is 1. The molecule has 28 heavy (non-hydrogen) atoms. The average Bonchev–Trinajstić information content (AvgIpc) is 3.16. The molecule has 0 aliphatic rings. The fraction of sp³-hybridized carbons (Fsp3) is 0.100. The first-order valence-corrected chi connectivity index (χ1v) is 8.91. The monoisotopic (exact) mass is 393 g/mol. The minimum atomic E-state index is -0.217. The van der Waals surface area contributed by atoms with Gasteiger partial charge in [0.1, 0.15) is 11.3 Å². The number of hydrogen-bond donors (Lipinski definition) is 1. The molecule has 7 nitrogen and oxygen atoms in total. The predicted molar refractivity (Wildman–Crippen MR) is 106 cm³/mol. The van der Waals surface area contributed by atoms with Gasteiger partial charge in [0.2, 0.25) is 0 Å². The molecule has 0 spiro atoms. The number of benzene rings is 2. The van der Waals surface area contributed by atoms with E-state index in [-0.39, 0.29) is 5.91 Å². The van der Waals surface area contributed by atoms with Crippen molar-refractivity contribution in [1.82, 2.24) is 25.3 Å². The van der Waals surface area contributed by atoms with Gasteiger partial charge in [-0.3, -0.25) is 4.79 Å². The van der Waals surface area contributed by atoms with Crippen molar-refractivity contribution >= 4 is 28.7 Å². The SMILES string of the molecule is COc1ccc(CNC(=O)c2ccc(Cl)c(-n3nnc4cccnc43)c2)cc1. The maximum absolute atomic E-state index is 12.6. The molecule has 4 rings (SSSR count). The van der Waals surface area contributed by atoms with Crippen molar-refractivity contribution in [1.29, 1.82) is 0 Å². The Labute approximate surface area is 165 Å². The van der Waals surface area contributed by atoms with E-state index in [1.807, 2.05) is 30.3 Å². The standard InChI is InChI=1S/C20H16ClN5O2/c1-28-15-7-4-13(5-8-15)12-23-20(27)14-6-9-16(21)18(11-14)26-19-17(24-25-26)3-2-10-22-19/h2-11H,12H2,1H3,(H,23,27). The zero-order valence-electron chi connectivity index (χ0n) is 15.0. The third-order valence-electron chi connectivity index (χ3n) is 4.26. The second-order valence-corrected chi connectivity index (χ2v) is 6.45. The first kappa shape index (κ1) is 17.9. The van der Waals surface area contributed by atoms with E-state index in [9.17, 15) is 4.79 Å². The van der Waals surface area contributed by atoms with Crippen LogP contribution in [-0.2, 0) is 6.54 Å². The van der Waals surface area contributed by atoms with Gasteiger partial charge in [0.05, 0.1) is 17.8 Å². The molecule has 8 heteroatoms. The summed E-state index contributed by atoms with van der Waals surface area (Å²) in [5.41, 5.74) is 3.19. The Balaban J connectivity index is 1.56. The van der Waals surface area contributed by atoms with Gasteiger partial charge < -0.3 is 10.1 Å². The summed E-state index contributed by atoms with van der Waals surface area (Å²) in [6, 6.07) is 16.1. The van der Waals surface area contributed by atoms with Crippen LogP contribution in [0.2, 0.25) is 5.02 Å². The van der Waals surface area contributed by atoms with E-state index < -0.39 is 0 Å². The van der Waals surface area contributed by atoms with Gasteiger partial charge in [-0.1, -0.05) is 28.9 Å². The van der Waals surface area contributed by atoms with Crippen LogP contribution in [0.5, 0.6) is 5.75 Å². The number of nitrogens with zero attached hydrogens (tertiary/aromatic N) is 4. The topological polar surface area (TPSA) is 81.9 Å². The summed E-state index contributed by atoms with van der Waals surface area (Å²) in [7, 11) is 1.61. The maximum atomic E-state index is 12.6. The number of aromatic nitrogens is 4. The highest BCUT2D eigenvalue weighted by Crippen LogP contribution is 2.24. The summed E-state index contributed by atoms with van der Waals surface area (Å²) >= 11 is 6.33. The summed E-state index contributed by atoms with van der Waals surface area (Å²) in [5, 5.41) is 11.5. The van der Waals surface area contributed by atoms with E-state index in [0.29, 0.717) is 34.0 Å². The van der Waals surface area contributed by atoms with E-state index in [1.165, 1.54) is 4.68 Å². The molecule has 4 aromatic rings. The lowest BCUT2D eigenvalue weighted by Gasteiger charge is -2.09. The van der Waals surface area contributed by atoms with Crippen molar-refractivity contribution in [2.45, 2.75) is 6.54 Å². The largest absolute Gasteiger partial charge is 0.497 e. The van der Waals surface area contributed by atoms with Crippen LogP contribution in [0.1, 0.15) is 15.9 Å². The normalized spacial score (nSPS) is 10.8. The predicted octanol–water partition coefficient (Wildman–Crippen LogP) is 3.41. The van der Waals surface area contributed by atoms with Crippen LogP contribution < -0.4 is 10.1 Å². The van der Waals surface area contributed by atoms with Crippen molar-refractivity contribution in [2.24, 2.45) is 0 Å². The fourth-order valence-corrected chi connectivity index (χ4v) is 2.97. The van der Waals surface area contributed by atoms with Crippen LogP contribution in [0.15, 0.2) is 60.8 Å². The lowest BCUT2D eigenvalue weighted by Crippen LogP contribution is -2.23. The molecule has 2 aromatic heterocycles. The quantitative estimate of drug-likeness (QED) is 0.562. The molecule has 0 saturated carbocycles. The fourth-order valence-electron chi connectivity index (χ4n) is 2.77. The van der Waals surface area contributed by atoms with Crippen LogP contribution in [-0.4, -0.2) is 33.0 Å². The Kier molecular flexibility index (Phi) is 4.90. The highest BCUT2D eigenvalue weighted by atomic mass is 35.5. The van der Waals surface area contributed by atoms with Crippen molar-refractivity contribution in [3.63, 3.8) is 0 Å². The number of carbonyl (C=O) groups is 1. The van der Waals surface area contributed by atoms with Gasteiger partial charge in [0.25, 0.3) is 5.91 Å². The summed E-state index contributed by atoms with van der Waals surface area (Å²) in [5.74, 6) is 0.553. The maximum Gasteiger partial charge on any atom is 0.251 e. The Bertz CT molecular complexity index is 1140. The van der Waals surface area contributed by atoms with Gasteiger partial charge in [0, 0.05) is 18.3 Å². The van der Waals surface area contributed by atoms with Gasteiger partial charge in [-0.25, -0.2) is 4.98 Å². The molecule has 2 heterocycles. The molecule has 140 valence electrons. The molecular formula is C20H16ClN5O2. The zero-order chi connectivity index (χ0) is 19.5. The van der Waals surface area contributed by atoms with Gasteiger partial charge in [-0.05, 0) is 48.0 Å². The van der Waals surface area contributed by atoms with Crippen molar-refractivity contribution < 1.29 is 9.53 Å². The number of amides is 1. The number of fused-ring (bicyclic) bond motifs is 1. The van der Waals surface area contributed by atoms with Crippen molar-refractivity contribution in [3.05, 3.63) is 76.9 Å². The molecule has 0 atom stereocenters. The Morgan fingerprint density at radius 1 is 1.18 bits per heavy atom. The van der Waals surface area contributed by atoms with Gasteiger partial charge in [-0.15, -0.1) is 5.10 Å². The Morgan fingerprint density at radius 3 is 2.79 bits per heavy atom. The number of methoxy groups -OCH3 is 1. The van der Waals surface area contributed by atoms with Gasteiger partial charge in [-0.2, -0.15) is 4.68 Å². The molecule has 1 N–H and O–H groups in total.